The Morgan fingerprint density at radius 1 is 1.29 bits per heavy atom. The van der Waals surface area contributed by atoms with E-state index in [1.54, 1.807) is 12.3 Å². The number of halogens is 1. The van der Waals surface area contributed by atoms with Gasteiger partial charge in [0.25, 0.3) is 0 Å². The lowest BCUT2D eigenvalue weighted by Crippen LogP contribution is -2.25. The second kappa shape index (κ2) is 8.99. The summed E-state index contributed by atoms with van der Waals surface area (Å²) in [5, 5.41) is 5.34. The number of pyridine rings is 1. The van der Waals surface area contributed by atoms with Gasteiger partial charge in [0.15, 0.2) is 0 Å². The summed E-state index contributed by atoms with van der Waals surface area (Å²) in [6, 6.07) is 5.50. The van der Waals surface area contributed by atoms with Crippen LogP contribution in [0.1, 0.15) is 30.6 Å². The molecule has 0 radical (unpaired) electrons. The first-order valence-electron chi connectivity index (χ1n) is 8.23. The number of rotatable bonds is 8. The average molecular weight is 394 g/mol. The molecule has 0 unspecified atom stereocenters. The zero-order valence-corrected chi connectivity index (χ0v) is 16.0. The number of hydrogen-bond donors (Lipinski definition) is 1. The van der Waals surface area contributed by atoms with Gasteiger partial charge in [-0.1, -0.05) is 13.8 Å². The van der Waals surface area contributed by atoms with Gasteiger partial charge in [0.05, 0.1) is 12.7 Å². The van der Waals surface area contributed by atoms with Gasteiger partial charge in [-0.3, -0.25) is 0 Å². The van der Waals surface area contributed by atoms with Gasteiger partial charge in [0, 0.05) is 28.0 Å². The van der Waals surface area contributed by atoms with Gasteiger partial charge in [-0.2, -0.15) is 0 Å². The van der Waals surface area contributed by atoms with Crippen LogP contribution in [0.4, 0.5) is 5.82 Å². The molecule has 0 aliphatic carbocycles. The number of carbonyl (C=O) groups is 1. The van der Waals surface area contributed by atoms with Gasteiger partial charge < -0.3 is 15.0 Å². The fourth-order valence-corrected chi connectivity index (χ4v) is 3.07. The highest BCUT2D eigenvalue weighted by Gasteiger charge is 2.11. The van der Waals surface area contributed by atoms with E-state index in [0.717, 1.165) is 53.7 Å². The van der Waals surface area contributed by atoms with Crippen LogP contribution < -0.4 is 5.32 Å². The third-order valence-corrected chi connectivity index (χ3v) is 4.73. The quantitative estimate of drug-likeness (QED) is 0.543. The Hall–Kier alpha value is -1.66. The Morgan fingerprint density at radius 3 is 2.71 bits per heavy atom. The van der Waals surface area contributed by atoms with Crippen LogP contribution in [0, 0.1) is 0 Å². The van der Waals surface area contributed by atoms with Crippen molar-refractivity contribution in [3.8, 4) is 0 Å². The van der Waals surface area contributed by atoms with Crippen molar-refractivity contribution in [3.05, 3.63) is 34.4 Å². The van der Waals surface area contributed by atoms with E-state index in [-0.39, 0.29) is 5.97 Å². The predicted molar refractivity (Wildman–Crippen MR) is 102 cm³/mol. The molecule has 1 N–H and O–H groups in total. The number of nitrogens with one attached hydrogen (secondary N) is 1. The van der Waals surface area contributed by atoms with E-state index in [1.807, 2.05) is 12.1 Å². The summed E-state index contributed by atoms with van der Waals surface area (Å²) in [6.07, 6.45) is 2.82. The highest BCUT2D eigenvalue weighted by atomic mass is 79.9. The van der Waals surface area contributed by atoms with E-state index >= 15 is 0 Å². The highest BCUT2D eigenvalue weighted by Crippen LogP contribution is 2.29. The summed E-state index contributed by atoms with van der Waals surface area (Å²) in [4.78, 5) is 18.6. The summed E-state index contributed by atoms with van der Waals surface area (Å²) < 4.78 is 5.65. The third kappa shape index (κ3) is 4.45. The summed E-state index contributed by atoms with van der Waals surface area (Å²) in [5.74, 6) is 0.499. The van der Waals surface area contributed by atoms with Crippen molar-refractivity contribution < 1.29 is 9.53 Å². The van der Waals surface area contributed by atoms with Gasteiger partial charge >= 0.3 is 5.97 Å². The Kier molecular flexibility index (Phi) is 6.99. The molecule has 1 aromatic carbocycles. The van der Waals surface area contributed by atoms with E-state index in [2.05, 4.69) is 45.0 Å². The van der Waals surface area contributed by atoms with Crippen molar-refractivity contribution in [1.29, 1.82) is 0 Å². The third-order valence-electron chi connectivity index (χ3n) is 4.10. The van der Waals surface area contributed by atoms with Crippen molar-refractivity contribution in [2.45, 2.75) is 20.3 Å². The molecule has 0 atom stereocenters. The van der Waals surface area contributed by atoms with Crippen LogP contribution in [0.5, 0.6) is 0 Å². The fraction of sp³-hybridized carbons (Fsp3) is 0.444. The van der Waals surface area contributed by atoms with E-state index in [1.165, 1.54) is 7.11 Å². The molecule has 1 aromatic heterocycles. The molecule has 0 saturated heterocycles. The second-order valence-corrected chi connectivity index (χ2v) is 6.37. The largest absolute Gasteiger partial charge is 0.465 e. The Labute approximate surface area is 151 Å². The minimum absolute atomic E-state index is 0.339. The summed E-state index contributed by atoms with van der Waals surface area (Å²) in [7, 11) is 1.39. The maximum atomic E-state index is 11.7. The van der Waals surface area contributed by atoms with Crippen molar-refractivity contribution >= 4 is 38.5 Å². The van der Waals surface area contributed by atoms with Crippen LogP contribution in [-0.4, -0.2) is 49.1 Å². The van der Waals surface area contributed by atoms with Crippen LogP contribution in [0.15, 0.2) is 28.9 Å². The minimum Gasteiger partial charge on any atom is -0.465 e. The normalized spacial score (nSPS) is 11.0. The zero-order valence-electron chi connectivity index (χ0n) is 14.4. The van der Waals surface area contributed by atoms with Gasteiger partial charge in [-0.05, 0) is 60.2 Å². The number of nitrogens with zero attached hydrogens (tertiary/aromatic N) is 2. The standard InChI is InChI=1S/C18H24BrN3O2/c1-4-22(5-2)10-6-9-20-17-14-8-7-13(18(23)24-3)11-15(14)16(19)12-21-17/h7-8,11-12H,4-6,9-10H2,1-3H3,(H,20,21). The molecule has 5 nitrogen and oxygen atoms in total. The number of aromatic nitrogens is 1. The van der Waals surface area contributed by atoms with Crippen molar-refractivity contribution in [2.75, 3.05) is 38.6 Å². The van der Waals surface area contributed by atoms with Crippen LogP contribution in [-0.2, 0) is 4.74 Å². The van der Waals surface area contributed by atoms with Crippen molar-refractivity contribution in [1.82, 2.24) is 9.88 Å². The van der Waals surface area contributed by atoms with E-state index < -0.39 is 0 Å². The Bertz CT molecular complexity index is 702. The summed E-state index contributed by atoms with van der Waals surface area (Å²) in [6.45, 7) is 8.44. The first-order valence-corrected chi connectivity index (χ1v) is 9.02. The Morgan fingerprint density at radius 2 is 2.04 bits per heavy atom. The lowest BCUT2D eigenvalue weighted by molar-refractivity contribution is 0.0601. The smallest absolute Gasteiger partial charge is 0.337 e. The number of carbonyl (C=O) groups excluding carboxylic acids is 1. The van der Waals surface area contributed by atoms with Crippen LogP contribution in [0.2, 0.25) is 0 Å². The van der Waals surface area contributed by atoms with Gasteiger partial charge in [0.1, 0.15) is 5.82 Å². The molecule has 0 saturated carbocycles. The number of ether oxygens (including phenoxy) is 1. The predicted octanol–water partition coefficient (Wildman–Crippen LogP) is 3.93. The molecule has 0 fully saturated rings. The molecule has 0 spiro atoms. The van der Waals surface area contributed by atoms with Gasteiger partial charge in [0.2, 0.25) is 0 Å². The topological polar surface area (TPSA) is 54.5 Å². The minimum atomic E-state index is -0.339. The van der Waals surface area contributed by atoms with Crippen molar-refractivity contribution in [3.63, 3.8) is 0 Å². The Balaban J connectivity index is 2.13. The number of esters is 1. The maximum Gasteiger partial charge on any atom is 0.337 e. The first-order chi connectivity index (χ1) is 11.6. The zero-order chi connectivity index (χ0) is 17.5. The molecule has 0 aliphatic heterocycles. The van der Waals surface area contributed by atoms with E-state index in [4.69, 9.17) is 4.74 Å². The highest BCUT2D eigenvalue weighted by molar-refractivity contribution is 9.10. The fourth-order valence-electron chi connectivity index (χ4n) is 2.64. The summed E-state index contributed by atoms with van der Waals surface area (Å²) in [5.41, 5.74) is 0.532. The first kappa shape index (κ1) is 18.7. The lowest BCUT2D eigenvalue weighted by atomic mass is 10.1. The molecular formula is C18H24BrN3O2. The number of anilines is 1. The molecule has 24 heavy (non-hydrogen) atoms. The number of fused-ring (bicyclic) bond motifs is 1. The molecule has 0 amide bonds. The maximum absolute atomic E-state index is 11.7. The molecular weight excluding hydrogens is 370 g/mol. The van der Waals surface area contributed by atoms with Gasteiger partial charge in [-0.25, -0.2) is 9.78 Å². The van der Waals surface area contributed by atoms with Crippen LogP contribution >= 0.6 is 15.9 Å². The van der Waals surface area contributed by atoms with Crippen LogP contribution in [0.3, 0.4) is 0 Å². The van der Waals surface area contributed by atoms with Crippen molar-refractivity contribution in [2.24, 2.45) is 0 Å². The SMILES string of the molecule is CCN(CC)CCCNc1ncc(Br)c2cc(C(=O)OC)ccc12. The monoisotopic (exact) mass is 393 g/mol. The number of methoxy groups -OCH3 is 1. The number of benzene rings is 1. The molecule has 0 aliphatic rings. The van der Waals surface area contributed by atoms with E-state index in [0.29, 0.717) is 5.56 Å². The van der Waals surface area contributed by atoms with Gasteiger partial charge in [-0.15, -0.1) is 0 Å². The lowest BCUT2D eigenvalue weighted by Gasteiger charge is -2.18. The second-order valence-electron chi connectivity index (χ2n) is 5.51. The van der Waals surface area contributed by atoms with E-state index in [9.17, 15) is 4.79 Å². The summed E-state index contributed by atoms with van der Waals surface area (Å²) >= 11 is 3.51. The average Bonchev–Trinajstić information content (AvgIpc) is 2.62. The molecule has 6 heteroatoms. The molecule has 130 valence electrons. The number of hydrogen-bond acceptors (Lipinski definition) is 5. The molecule has 2 rings (SSSR count). The molecule has 0 bridgehead atoms. The molecule has 2 aromatic rings. The molecule has 1 heterocycles. The van der Waals surface area contributed by atoms with Crippen LogP contribution in [0.25, 0.3) is 10.8 Å².